The summed E-state index contributed by atoms with van der Waals surface area (Å²) in [7, 11) is 4.69. The van der Waals surface area contributed by atoms with E-state index in [0.717, 1.165) is 5.56 Å². The molecule has 1 fully saturated rings. The van der Waals surface area contributed by atoms with Crippen LogP contribution in [0.1, 0.15) is 63.6 Å². The van der Waals surface area contributed by atoms with Crippen LogP contribution in [0.15, 0.2) is 66.7 Å². The highest BCUT2D eigenvalue weighted by molar-refractivity contribution is 5.98. The van der Waals surface area contributed by atoms with Crippen LogP contribution in [-0.2, 0) is 31.1 Å². The maximum Gasteiger partial charge on any atom is 0.246 e. The average Bonchev–Trinajstić information content (AvgIpc) is 3.14. The fourth-order valence-corrected chi connectivity index (χ4v) is 7.28. The van der Waals surface area contributed by atoms with Gasteiger partial charge in [-0.1, -0.05) is 62.2 Å². The van der Waals surface area contributed by atoms with Gasteiger partial charge in [0.2, 0.25) is 23.6 Å². The van der Waals surface area contributed by atoms with Crippen molar-refractivity contribution in [3.05, 3.63) is 89.2 Å². The molecular formula is C41H54FN5O6. The van der Waals surface area contributed by atoms with E-state index >= 15 is 4.79 Å². The first-order chi connectivity index (χ1) is 25.2. The zero-order valence-corrected chi connectivity index (χ0v) is 32.1. The average molecular weight is 732 g/mol. The Kier molecular flexibility index (Phi) is 13.6. The van der Waals surface area contributed by atoms with Gasteiger partial charge in [-0.05, 0) is 69.0 Å². The maximum atomic E-state index is 15.0. The number of methoxy groups -OCH3 is 2. The summed E-state index contributed by atoms with van der Waals surface area (Å²) in [5, 5.41) is 2.98. The third kappa shape index (κ3) is 8.98. The lowest BCUT2D eigenvalue weighted by molar-refractivity contribution is -0.164. The summed E-state index contributed by atoms with van der Waals surface area (Å²) < 4.78 is 24.5. The van der Waals surface area contributed by atoms with E-state index in [1.807, 2.05) is 52.0 Å². The molecule has 53 heavy (non-hydrogen) atoms. The molecule has 1 saturated heterocycles. The molecule has 1 heterocycles. The summed E-state index contributed by atoms with van der Waals surface area (Å²) in [5.74, 6) is -1.82. The van der Waals surface area contributed by atoms with Crippen molar-refractivity contribution < 1.29 is 33.0 Å². The van der Waals surface area contributed by atoms with Crippen LogP contribution in [0.4, 0.5) is 10.1 Å². The van der Waals surface area contributed by atoms with E-state index in [1.54, 1.807) is 49.2 Å². The van der Waals surface area contributed by atoms with Gasteiger partial charge in [-0.25, -0.2) is 4.39 Å². The number of amides is 4. The first kappa shape index (κ1) is 40.8. The number of nitrogens with one attached hydrogen (secondary N) is 1. The van der Waals surface area contributed by atoms with Gasteiger partial charge in [0.25, 0.3) is 0 Å². The Labute approximate surface area is 312 Å². The van der Waals surface area contributed by atoms with Crippen LogP contribution in [-0.4, -0.2) is 85.9 Å². The minimum absolute atomic E-state index is 0.0502. The molecule has 4 rings (SSSR count). The molecule has 2 unspecified atom stereocenters. The van der Waals surface area contributed by atoms with Crippen molar-refractivity contribution in [2.75, 3.05) is 39.3 Å². The summed E-state index contributed by atoms with van der Waals surface area (Å²) in [5.41, 5.74) is 7.81. The van der Waals surface area contributed by atoms with Crippen LogP contribution in [0.5, 0.6) is 11.5 Å². The molecule has 3 aromatic carbocycles. The predicted molar refractivity (Wildman–Crippen MR) is 203 cm³/mol. The van der Waals surface area contributed by atoms with E-state index in [4.69, 9.17) is 15.2 Å². The van der Waals surface area contributed by atoms with E-state index in [-0.39, 0.29) is 55.5 Å². The van der Waals surface area contributed by atoms with E-state index in [9.17, 15) is 18.8 Å². The van der Waals surface area contributed by atoms with Crippen molar-refractivity contribution in [1.29, 1.82) is 0 Å². The number of halogens is 1. The molecule has 12 heteroatoms. The van der Waals surface area contributed by atoms with Crippen molar-refractivity contribution in [1.82, 2.24) is 15.1 Å². The smallest absolute Gasteiger partial charge is 0.246 e. The van der Waals surface area contributed by atoms with Crippen LogP contribution in [0.25, 0.3) is 0 Å². The van der Waals surface area contributed by atoms with Gasteiger partial charge in [0.1, 0.15) is 11.9 Å². The molecule has 3 N–H and O–H groups in total. The lowest BCUT2D eigenvalue weighted by atomic mass is 9.72. The number of rotatable bonds is 15. The van der Waals surface area contributed by atoms with Gasteiger partial charge in [0, 0.05) is 37.9 Å². The zero-order valence-electron chi connectivity index (χ0n) is 32.1. The molecular weight excluding hydrogens is 677 g/mol. The summed E-state index contributed by atoms with van der Waals surface area (Å²) in [6, 6.07) is 16.5. The van der Waals surface area contributed by atoms with Crippen LogP contribution in [0, 0.1) is 18.7 Å². The number of hydrogen-bond donors (Lipinski definition) is 2. The van der Waals surface area contributed by atoms with Gasteiger partial charge < -0.3 is 35.2 Å². The number of aryl methyl sites for hydroxylation is 1. The molecule has 4 atom stereocenters. The third-order valence-electron chi connectivity index (χ3n) is 10.1. The number of carbonyl (C=O) groups is 4. The van der Waals surface area contributed by atoms with Crippen molar-refractivity contribution >= 4 is 29.3 Å². The zero-order chi connectivity index (χ0) is 39.0. The van der Waals surface area contributed by atoms with Crippen LogP contribution >= 0.6 is 0 Å². The second-order valence-corrected chi connectivity index (χ2v) is 14.1. The molecule has 0 saturated carbocycles. The van der Waals surface area contributed by atoms with Gasteiger partial charge in [-0.2, -0.15) is 0 Å². The molecule has 0 aromatic heterocycles. The standard InChI is InChI=1S/C41H54FN5O6/c1-9-10-34-40(51)47(22-21-46(34)39(50)33(43)23-29-13-17-31(42)18-14-29)41(25-37(48)44-26(2)3,30-15-11-27(4)12-16-30)28(5)38(49)45(6)32-19-20-35(52-7)36(24-32)53-8/h11-20,24,26,28,33-34H,9-10,21-23,25,43H2,1-8H3,(H,44,48)/t28?,33?,34-,41-/m0/s1. The molecule has 4 amide bonds. The number of carbonyl (C=O) groups excluding carboxylic acids is 4. The molecule has 0 spiro atoms. The number of anilines is 1. The molecule has 11 nitrogen and oxygen atoms in total. The Hall–Kier alpha value is -4.97. The highest BCUT2D eigenvalue weighted by Gasteiger charge is 2.54. The Morgan fingerprint density at radius 2 is 1.62 bits per heavy atom. The third-order valence-corrected chi connectivity index (χ3v) is 10.1. The summed E-state index contributed by atoms with van der Waals surface area (Å²) in [4.78, 5) is 62.4. The Morgan fingerprint density at radius 3 is 2.21 bits per heavy atom. The molecule has 3 aromatic rings. The Balaban J connectivity index is 1.82. The second kappa shape index (κ2) is 17.7. The van der Waals surface area contributed by atoms with Gasteiger partial charge in [0.05, 0.1) is 38.1 Å². The number of ether oxygens (including phenoxy) is 2. The number of nitrogens with zero attached hydrogens (tertiary/aromatic N) is 3. The van der Waals surface area contributed by atoms with E-state index in [0.29, 0.717) is 41.2 Å². The molecule has 0 aliphatic carbocycles. The van der Waals surface area contributed by atoms with Crippen molar-refractivity contribution in [3.8, 4) is 11.5 Å². The second-order valence-electron chi connectivity index (χ2n) is 14.1. The van der Waals surface area contributed by atoms with Gasteiger partial charge >= 0.3 is 0 Å². The largest absolute Gasteiger partial charge is 0.493 e. The van der Waals surface area contributed by atoms with E-state index in [2.05, 4.69) is 5.32 Å². The first-order valence-corrected chi connectivity index (χ1v) is 18.2. The van der Waals surface area contributed by atoms with Crippen LogP contribution < -0.4 is 25.4 Å². The summed E-state index contributed by atoms with van der Waals surface area (Å²) in [6.45, 7) is 9.52. The molecule has 286 valence electrons. The Morgan fingerprint density at radius 1 is 0.981 bits per heavy atom. The van der Waals surface area contributed by atoms with Gasteiger partial charge in [-0.15, -0.1) is 0 Å². The maximum absolute atomic E-state index is 15.0. The van der Waals surface area contributed by atoms with Crippen LogP contribution in [0.3, 0.4) is 0 Å². The lowest BCUT2D eigenvalue weighted by Gasteiger charge is -2.53. The fraction of sp³-hybridized carbons (Fsp3) is 0.463. The number of hydrogen-bond acceptors (Lipinski definition) is 7. The first-order valence-electron chi connectivity index (χ1n) is 18.2. The number of benzene rings is 3. The highest BCUT2D eigenvalue weighted by Crippen LogP contribution is 2.44. The van der Waals surface area contributed by atoms with E-state index < -0.39 is 29.4 Å². The predicted octanol–water partition coefficient (Wildman–Crippen LogP) is 4.97. The number of piperazine rings is 1. The van der Waals surface area contributed by atoms with Crippen molar-refractivity contribution in [2.45, 2.75) is 84.0 Å². The normalized spacial score (nSPS) is 16.8. The van der Waals surface area contributed by atoms with Gasteiger partial charge in [-0.3, -0.25) is 19.2 Å². The molecule has 1 aliphatic heterocycles. The molecule has 1 aliphatic rings. The highest BCUT2D eigenvalue weighted by atomic mass is 19.1. The van der Waals surface area contributed by atoms with Crippen molar-refractivity contribution in [2.24, 2.45) is 11.7 Å². The molecule has 0 radical (unpaired) electrons. The SMILES string of the molecule is CCC[C@H]1C(=O)N([C@](CC(=O)NC(C)C)(c2ccc(C)cc2)C(C)C(=O)N(C)c2ccc(OC)c(OC)c2)CCN1C(=O)C(N)Cc1ccc(F)cc1. The van der Waals surface area contributed by atoms with Crippen LogP contribution in [0.2, 0.25) is 0 Å². The minimum atomic E-state index is -1.46. The minimum Gasteiger partial charge on any atom is -0.493 e. The number of nitrogens with two attached hydrogens (primary N) is 1. The Bertz CT molecular complexity index is 1750. The summed E-state index contributed by atoms with van der Waals surface area (Å²) >= 11 is 0. The monoisotopic (exact) mass is 731 g/mol. The summed E-state index contributed by atoms with van der Waals surface area (Å²) in [6.07, 6.45) is 0.899. The lowest BCUT2D eigenvalue weighted by Crippen LogP contribution is -2.68. The fourth-order valence-electron chi connectivity index (χ4n) is 7.28. The quantitative estimate of drug-likeness (QED) is 0.226. The van der Waals surface area contributed by atoms with Gasteiger partial charge in [0.15, 0.2) is 11.5 Å². The van der Waals surface area contributed by atoms with Crippen molar-refractivity contribution in [3.63, 3.8) is 0 Å². The topological polar surface area (TPSA) is 135 Å². The molecule has 0 bridgehead atoms. The van der Waals surface area contributed by atoms with E-state index in [1.165, 1.54) is 36.2 Å².